The maximum absolute atomic E-state index is 12.6. The van der Waals surface area contributed by atoms with Crippen molar-refractivity contribution in [2.75, 3.05) is 17.2 Å². The van der Waals surface area contributed by atoms with Gasteiger partial charge >= 0.3 is 0 Å². The van der Waals surface area contributed by atoms with Crippen LogP contribution >= 0.6 is 0 Å². The molecule has 0 spiro atoms. The van der Waals surface area contributed by atoms with Crippen LogP contribution in [0.5, 0.6) is 5.75 Å². The zero-order valence-corrected chi connectivity index (χ0v) is 15.9. The van der Waals surface area contributed by atoms with Crippen LogP contribution in [-0.2, 0) is 0 Å². The Hall–Kier alpha value is -3.93. The summed E-state index contributed by atoms with van der Waals surface area (Å²) in [7, 11) is 0. The minimum Gasteiger partial charge on any atom is -0.494 e. The number of benzene rings is 2. The number of ether oxygens (including phenoxy) is 1. The third-order valence-electron chi connectivity index (χ3n) is 4.34. The quantitative estimate of drug-likeness (QED) is 0.488. The van der Waals surface area contributed by atoms with Gasteiger partial charge in [-0.05, 0) is 55.5 Å². The zero-order valence-electron chi connectivity index (χ0n) is 15.9. The van der Waals surface area contributed by atoms with Crippen molar-refractivity contribution in [3.8, 4) is 5.75 Å². The number of hydrogen-bond donors (Lipinski definition) is 2. The second-order valence-electron chi connectivity index (χ2n) is 6.35. The summed E-state index contributed by atoms with van der Waals surface area (Å²) in [6.07, 6.45) is 3.36. The molecule has 0 unspecified atom stereocenters. The number of aromatic nitrogens is 2. The van der Waals surface area contributed by atoms with Crippen LogP contribution in [0, 0.1) is 0 Å². The monoisotopic (exact) mass is 384 g/mol. The number of amides is 1. The van der Waals surface area contributed by atoms with Crippen LogP contribution in [0.2, 0.25) is 0 Å². The minimum atomic E-state index is -0.212. The summed E-state index contributed by atoms with van der Waals surface area (Å²) in [4.78, 5) is 21.4. The van der Waals surface area contributed by atoms with Gasteiger partial charge < -0.3 is 15.4 Å². The van der Waals surface area contributed by atoms with E-state index < -0.39 is 0 Å². The molecule has 6 nitrogen and oxygen atoms in total. The first-order valence-electron chi connectivity index (χ1n) is 9.34. The molecule has 4 rings (SSSR count). The predicted octanol–water partition coefficient (Wildman–Crippen LogP) is 5.02. The Morgan fingerprint density at radius 1 is 0.966 bits per heavy atom. The molecule has 2 heterocycles. The number of fused-ring (bicyclic) bond motifs is 1. The van der Waals surface area contributed by atoms with Gasteiger partial charge in [-0.3, -0.25) is 9.78 Å². The standard InChI is InChI=1S/C23H20N4O2/c1-2-29-19-10-8-18(9-11-19)26-23(28)17-12-14-24-21(15-17)27-20-7-3-5-16-6-4-13-25-22(16)20/h3-15H,2H2,1H3,(H,24,27)(H,26,28). The van der Waals surface area contributed by atoms with E-state index in [1.54, 1.807) is 24.5 Å². The molecule has 6 heteroatoms. The van der Waals surface area contributed by atoms with Gasteiger partial charge in [0.1, 0.15) is 11.6 Å². The second-order valence-corrected chi connectivity index (χ2v) is 6.35. The molecule has 2 aromatic carbocycles. The van der Waals surface area contributed by atoms with Crippen LogP contribution < -0.4 is 15.4 Å². The maximum atomic E-state index is 12.6. The number of pyridine rings is 2. The number of para-hydroxylation sites is 1. The van der Waals surface area contributed by atoms with Crippen molar-refractivity contribution in [2.45, 2.75) is 6.92 Å². The van der Waals surface area contributed by atoms with E-state index in [0.29, 0.717) is 23.7 Å². The van der Waals surface area contributed by atoms with Crippen molar-refractivity contribution in [3.63, 3.8) is 0 Å². The van der Waals surface area contributed by atoms with Gasteiger partial charge in [-0.25, -0.2) is 4.98 Å². The Labute approximate surface area is 168 Å². The Balaban J connectivity index is 1.51. The van der Waals surface area contributed by atoms with E-state index in [2.05, 4.69) is 20.6 Å². The summed E-state index contributed by atoms with van der Waals surface area (Å²) in [5, 5.41) is 7.17. The topological polar surface area (TPSA) is 76.1 Å². The molecule has 2 N–H and O–H groups in total. The summed E-state index contributed by atoms with van der Waals surface area (Å²) in [5.74, 6) is 1.13. The number of nitrogens with one attached hydrogen (secondary N) is 2. The number of anilines is 3. The molecule has 29 heavy (non-hydrogen) atoms. The lowest BCUT2D eigenvalue weighted by molar-refractivity contribution is 0.102. The van der Waals surface area contributed by atoms with Gasteiger partial charge in [0.15, 0.2) is 0 Å². The molecule has 0 fully saturated rings. The molecule has 0 bridgehead atoms. The van der Waals surface area contributed by atoms with E-state index in [-0.39, 0.29) is 5.91 Å². The predicted molar refractivity (Wildman–Crippen MR) is 115 cm³/mol. The van der Waals surface area contributed by atoms with Crippen LogP contribution in [0.3, 0.4) is 0 Å². The molecule has 0 radical (unpaired) electrons. The van der Waals surface area contributed by atoms with E-state index in [1.807, 2.05) is 61.5 Å². The molecule has 0 saturated heterocycles. The van der Waals surface area contributed by atoms with Gasteiger partial charge in [0.2, 0.25) is 0 Å². The fraction of sp³-hybridized carbons (Fsp3) is 0.0870. The van der Waals surface area contributed by atoms with E-state index in [1.165, 1.54) is 0 Å². The fourth-order valence-electron chi connectivity index (χ4n) is 2.99. The summed E-state index contributed by atoms with van der Waals surface area (Å²) < 4.78 is 5.42. The SMILES string of the molecule is CCOc1ccc(NC(=O)c2ccnc(Nc3cccc4cccnc34)c2)cc1. The van der Waals surface area contributed by atoms with Gasteiger partial charge in [-0.15, -0.1) is 0 Å². The second kappa shape index (κ2) is 8.39. The minimum absolute atomic E-state index is 0.212. The Bertz CT molecular complexity index is 1140. The van der Waals surface area contributed by atoms with Crippen LogP contribution in [0.15, 0.2) is 79.1 Å². The van der Waals surface area contributed by atoms with E-state index in [9.17, 15) is 4.79 Å². The lowest BCUT2D eigenvalue weighted by atomic mass is 10.2. The largest absolute Gasteiger partial charge is 0.494 e. The molecule has 0 saturated carbocycles. The average molecular weight is 384 g/mol. The normalized spacial score (nSPS) is 10.5. The van der Waals surface area contributed by atoms with E-state index >= 15 is 0 Å². The highest BCUT2D eigenvalue weighted by atomic mass is 16.5. The first-order chi connectivity index (χ1) is 14.2. The smallest absolute Gasteiger partial charge is 0.255 e. The van der Waals surface area contributed by atoms with Gasteiger partial charge in [-0.2, -0.15) is 0 Å². The van der Waals surface area contributed by atoms with Crippen molar-refractivity contribution < 1.29 is 9.53 Å². The third-order valence-corrected chi connectivity index (χ3v) is 4.34. The zero-order chi connectivity index (χ0) is 20.1. The van der Waals surface area contributed by atoms with Crippen molar-refractivity contribution >= 4 is 34.0 Å². The van der Waals surface area contributed by atoms with Crippen molar-refractivity contribution in [1.29, 1.82) is 0 Å². The van der Waals surface area contributed by atoms with Crippen molar-refractivity contribution in [2.24, 2.45) is 0 Å². The number of rotatable bonds is 6. The lowest BCUT2D eigenvalue weighted by Gasteiger charge is -2.10. The van der Waals surface area contributed by atoms with Crippen LogP contribution in [0.4, 0.5) is 17.2 Å². The molecule has 0 aliphatic rings. The molecular formula is C23H20N4O2. The van der Waals surface area contributed by atoms with Crippen LogP contribution in [0.1, 0.15) is 17.3 Å². The first kappa shape index (κ1) is 18.4. The molecule has 4 aromatic rings. The number of carbonyl (C=O) groups excluding carboxylic acids is 1. The van der Waals surface area contributed by atoms with E-state index in [0.717, 1.165) is 22.3 Å². The molecule has 2 aromatic heterocycles. The summed E-state index contributed by atoms with van der Waals surface area (Å²) in [6, 6.07) is 20.5. The number of carbonyl (C=O) groups is 1. The van der Waals surface area contributed by atoms with Crippen molar-refractivity contribution in [3.05, 3.63) is 84.7 Å². The number of nitrogens with zero attached hydrogens (tertiary/aromatic N) is 2. The highest BCUT2D eigenvalue weighted by molar-refractivity contribution is 6.04. The highest BCUT2D eigenvalue weighted by Crippen LogP contribution is 2.24. The molecule has 144 valence electrons. The van der Waals surface area contributed by atoms with Crippen LogP contribution in [-0.4, -0.2) is 22.5 Å². The number of hydrogen-bond acceptors (Lipinski definition) is 5. The highest BCUT2D eigenvalue weighted by Gasteiger charge is 2.09. The molecule has 0 aliphatic heterocycles. The Kier molecular flexibility index (Phi) is 5.33. The molecule has 0 atom stereocenters. The molecule has 1 amide bonds. The summed E-state index contributed by atoms with van der Waals surface area (Å²) >= 11 is 0. The first-order valence-corrected chi connectivity index (χ1v) is 9.34. The van der Waals surface area contributed by atoms with E-state index in [4.69, 9.17) is 4.74 Å². The fourth-order valence-corrected chi connectivity index (χ4v) is 2.99. The van der Waals surface area contributed by atoms with Gasteiger partial charge in [0.25, 0.3) is 5.91 Å². The third kappa shape index (κ3) is 4.32. The summed E-state index contributed by atoms with van der Waals surface area (Å²) in [5.41, 5.74) is 2.88. The maximum Gasteiger partial charge on any atom is 0.255 e. The average Bonchev–Trinajstić information content (AvgIpc) is 2.76. The van der Waals surface area contributed by atoms with Gasteiger partial charge in [-0.1, -0.05) is 18.2 Å². The van der Waals surface area contributed by atoms with Crippen molar-refractivity contribution in [1.82, 2.24) is 9.97 Å². The Morgan fingerprint density at radius 2 is 1.79 bits per heavy atom. The summed E-state index contributed by atoms with van der Waals surface area (Å²) in [6.45, 7) is 2.53. The molecular weight excluding hydrogens is 364 g/mol. The Morgan fingerprint density at radius 3 is 2.62 bits per heavy atom. The van der Waals surface area contributed by atoms with Gasteiger partial charge in [0.05, 0.1) is 17.8 Å². The molecule has 0 aliphatic carbocycles. The lowest BCUT2D eigenvalue weighted by Crippen LogP contribution is -2.12. The van der Waals surface area contributed by atoms with Crippen LogP contribution in [0.25, 0.3) is 10.9 Å². The van der Waals surface area contributed by atoms with Gasteiger partial charge in [0, 0.05) is 29.0 Å².